The van der Waals surface area contributed by atoms with Gasteiger partial charge in [-0.15, -0.1) is 4.89 Å². The fraction of sp³-hybridized carbons (Fsp3) is 0.600. The molecule has 0 saturated carbocycles. The van der Waals surface area contributed by atoms with Crippen LogP contribution in [0.4, 0.5) is 30.7 Å². The Balaban J connectivity index is 4.77. The van der Waals surface area contributed by atoms with Gasteiger partial charge in [0.05, 0.1) is 0 Å². The van der Waals surface area contributed by atoms with Gasteiger partial charge in [0.25, 0.3) is 0 Å². The Bertz CT molecular complexity index is 209. The van der Waals surface area contributed by atoms with Gasteiger partial charge in [-0.25, -0.2) is 0 Å². The lowest BCUT2D eigenvalue weighted by Crippen LogP contribution is -2.53. The van der Waals surface area contributed by atoms with Crippen LogP contribution >= 0.6 is 0 Å². The second-order valence-electron chi connectivity index (χ2n) is 1.94. The zero-order valence-electron chi connectivity index (χ0n) is 6.25. The largest absolute Gasteiger partial charge is 0.464 e. The van der Waals surface area contributed by atoms with Gasteiger partial charge in [-0.1, -0.05) is 6.58 Å². The van der Waals surface area contributed by atoms with E-state index in [0.717, 1.165) is 0 Å². The van der Waals surface area contributed by atoms with Gasteiger partial charge in [0.2, 0.25) is 0 Å². The minimum Gasteiger partial charge on any atom is -0.340 e. The van der Waals surface area contributed by atoms with Crippen molar-refractivity contribution in [3.05, 3.63) is 12.8 Å². The maximum atomic E-state index is 12.0. The molecule has 0 aromatic carbocycles. The molecule has 0 amide bonds. The van der Waals surface area contributed by atoms with Crippen molar-refractivity contribution >= 4 is 0 Å². The quantitative estimate of drug-likeness (QED) is 0.319. The summed E-state index contributed by atoms with van der Waals surface area (Å²) in [6, 6.07) is 0. The Labute approximate surface area is 72.8 Å². The molecule has 84 valence electrons. The van der Waals surface area contributed by atoms with Crippen molar-refractivity contribution in [1.29, 1.82) is 0 Å². The molecule has 0 N–H and O–H groups in total. The number of rotatable bonds is 4. The number of halogens is 7. The second kappa shape index (κ2) is 3.64. The van der Waals surface area contributed by atoms with Crippen molar-refractivity contribution in [3.63, 3.8) is 0 Å². The van der Waals surface area contributed by atoms with Crippen LogP contribution in [0.1, 0.15) is 0 Å². The van der Waals surface area contributed by atoms with Gasteiger partial charge in [0, 0.05) is 0 Å². The van der Waals surface area contributed by atoms with Crippen molar-refractivity contribution in [2.45, 2.75) is 18.2 Å². The van der Waals surface area contributed by atoms with Crippen molar-refractivity contribution in [3.8, 4) is 0 Å². The molecule has 0 fully saturated rings. The van der Waals surface area contributed by atoms with E-state index in [1.165, 1.54) is 0 Å². The van der Waals surface area contributed by atoms with Crippen LogP contribution in [0.25, 0.3) is 0 Å². The van der Waals surface area contributed by atoms with E-state index in [0.29, 0.717) is 0 Å². The first-order valence-corrected chi connectivity index (χ1v) is 2.84. The highest BCUT2D eigenvalue weighted by Crippen LogP contribution is 2.46. The van der Waals surface area contributed by atoms with Crippen LogP contribution in [0.2, 0.25) is 0 Å². The van der Waals surface area contributed by atoms with Gasteiger partial charge >= 0.3 is 18.2 Å². The topological polar surface area (TPSA) is 18.5 Å². The minimum absolute atomic E-state index is 0.125. The molecule has 0 spiro atoms. The average molecular weight is 228 g/mol. The van der Waals surface area contributed by atoms with E-state index < -0.39 is 18.2 Å². The molecule has 0 aromatic rings. The summed E-state index contributed by atoms with van der Waals surface area (Å²) in [6.45, 7) is 2.60. The van der Waals surface area contributed by atoms with Gasteiger partial charge in [-0.2, -0.15) is 30.7 Å². The van der Waals surface area contributed by atoms with Gasteiger partial charge < -0.3 is 4.89 Å². The van der Waals surface area contributed by atoms with Crippen molar-refractivity contribution in [2.75, 3.05) is 0 Å². The van der Waals surface area contributed by atoms with E-state index in [-0.39, 0.29) is 6.26 Å². The van der Waals surface area contributed by atoms with E-state index in [1.807, 2.05) is 0 Å². The molecule has 0 radical (unpaired) electrons. The summed E-state index contributed by atoms with van der Waals surface area (Å²) in [5.41, 5.74) is 0. The molecule has 9 heteroatoms. The summed E-state index contributed by atoms with van der Waals surface area (Å²) >= 11 is 0. The van der Waals surface area contributed by atoms with E-state index in [1.54, 1.807) is 0 Å². The highest BCUT2D eigenvalue weighted by Gasteiger charge is 2.75. The summed E-state index contributed by atoms with van der Waals surface area (Å²) in [6.07, 6.45) is -12.1. The predicted octanol–water partition coefficient (Wildman–Crippen LogP) is 2.87. The maximum Gasteiger partial charge on any atom is 0.464 e. The molecule has 0 bridgehead atoms. The van der Waals surface area contributed by atoms with Crippen LogP contribution in [0.5, 0.6) is 0 Å². The average Bonchev–Trinajstić information content (AvgIpc) is 1.98. The molecule has 0 heterocycles. The van der Waals surface area contributed by atoms with Crippen molar-refractivity contribution < 1.29 is 40.5 Å². The third-order valence-electron chi connectivity index (χ3n) is 0.942. The van der Waals surface area contributed by atoms with Gasteiger partial charge in [-0.05, 0) is 0 Å². The Kier molecular flexibility index (Phi) is 3.38. The van der Waals surface area contributed by atoms with Crippen molar-refractivity contribution in [1.82, 2.24) is 0 Å². The molecule has 2 nitrogen and oxygen atoms in total. The smallest absolute Gasteiger partial charge is 0.340 e. The van der Waals surface area contributed by atoms with Crippen molar-refractivity contribution in [2.24, 2.45) is 0 Å². The zero-order chi connectivity index (χ0) is 11.6. The Morgan fingerprint density at radius 2 is 1.36 bits per heavy atom. The fourth-order valence-corrected chi connectivity index (χ4v) is 0.312. The molecule has 0 unspecified atom stereocenters. The zero-order valence-corrected chi connectivity index (χ0v) is 6.25. The number of hydrogen-bond donors (Lipinski definition) is 0. The first kappa shape index (κ1) is 13.0. The third-order valence-corrected chi connectivity index (χ3v) is 0.942. The minimum atomic E-state index is -6.44. The summed E-state index contributed by atoms with van der Waals surface area (Å²) in [5, 5.41) is 0. The van der Waals surface area contributed by atoms with Gasteiger partial charge in [0.15, 0.2) is 0 Å². The molecule has 0 rings (SSSR count). The Morgan fingerprint density at radius 1 is 0.929 bits per heavy atom. The fourth-order valence-electron chi connectivity index (χ4n) is 0.312. The molecule has 0 aliphatic rings. The molecule has 0 saturated heterocycles. The SMILES string of the molecule is C=COOC(F)(F)C(F)(F)C(F)(F)F. The van der Waals surface area contributed by atoms with Crippen LogP contribution in [0, 0.1) is 0 Å². The van der Waals surface area contributed by atoms with Crippen LogP contribution in [0.3, 0.4) is 0 Å². The third kappa shape index (κ3) is 2.28. The highest BCUT2D eigenvalue weighted by atomic mass is 19.4. The number of hydrogen-bond acceptors (Lipinski definition) is 2. The maximum absolute atomic E-state index is 12.0. The molecule has 14 heavy (non-hydrogen) atoms. The van der Waals surface area contributed by atoms with E-state index in [4.69, 9.17) is 0 Å². The lowest BCUT2D eigenvalue weighted by molar-refractivity contribution is -0.501. The van der Waals surface area contributed by atoms with Gasteiger partial charge in [0.1, 0.15) is 6.26 Å². The first-order chi connectivity index (χ1) is 6.06. The van der Waals surface area contributed by atoms with Gasteiger partial charge in [-0.3, -0.25) is 0 Å². The van der Waals surface area contributed by atoms with E-state index in [2.05, 4.69) is 16.4 Å². The Morgan fingerprint density at radius 3 is 1.64 bits per heavy atom. The molecule has 0 atom stereocenters. The van der Waals surface area contributed by atoms with Crippen LogP contribution in [0.15, 0.2) is 12.8 Å². The summed E-state index contributed by atoms with van der Waals surface area (Å²) in [4.78, 5) is 5.66. The predicted molar refractivity (Wildman–Crippen MR) is 28.3 cm³/mol. The summed E-state index contributed by atoms with van der Waals surface area (Å²) < 4.78 is 82.0. The van der Waals surface area contributed by atoms with E-state index in [9.17, 15) is 30.7 Å². The molecule has 0 aliphatic heterocycles. The lowest BCUT2D eigenvalue weighted by atomic mass is 10.3. The van der Waals surface area contributed by atoms with E-state index >= 15 is 0 Å². The summed E-state index contributed by atoms with van der Waals surface area (Å²) in [5.74, 6) is -6.34. The standard InChI is InChI=1S/C5H3F7O2/c1-2-13-14-5(11,12)3(6,7)4(8,9)10/h2H,1H2. The highest BCUT2D eigenvalue weighted by molar-refractivity contribution is 4.84. The normalized spacial score (nSPS) is 13.9. The summed E-state index contributed by atoms with van der Waals surface area (Å²) in [7, 11) is 0. The lowest BCUT2D eigenvalue weighted by Gasteiger charge is -2.25. The van der Waals surface area contributed by atoms with Crippen LogP contribution < -0.4 is 0 Å². The molecule has 0 aliphatic carbocycles. The number of alkyl halides is 7. The monoisotopic (exact) mass is 228 g/mol. The van der Waals surface area contributed by atoms with Crippen LogP contribution in [-0.4, -0.2) is 18.2 Å². The second-order valence-corrected chi connectivity index (χ2v) is 1.94. The molecular weight excluding hydrogens is 225 g/mol. The first-order valence-electron chi connectivity index (χ1n) is 2.84. The Hall–Kier alpha value is -0.990. The molecule has 0 aromatic heterocycles. The van der Waals surface area contributed by atoms with Crippen LogP contribution in [-0.2, 0) is 9.78 Å². The molecular formula is C5H3F7O2.